The van der Waals surface area contributed by atoms with Gasteiger partial charge in [0.05, 0.1) is 13.2 Å². The molecular formula is C13H21N3O. The molecule has 94 valence electrons. The number of ether oxygens (including phenoxy) is 1. The van der Waals surface area contributed by atoms with Crippen molar-refractivity contribution in [1.29, 1.82) is 0 Å². The molecule has 4 nitrogen and oxygen atoms in total. The predicted molar refractivity (Wildman–Crippen MR) is 71.3 cm³/mol. The maximum absolute atomic E-state index is 5.78. The molecule has 1 heterocycles. The van der Waals surface area contributed by atoms with E-state index in [2.05, 4.69) is 16.3 Å². The van der Waals surface area contributed by atoms with Crippen LogP contribution in [0.25, 0.3) is 0 Å². The topological polar surface area (TPSA) is 50.5 Å². The van der Waals surface area contributed by atoms with Crippen molar-refractivity contribution in [3.63, 3.8) is 0 Å². The van der Waals surface area contributed by atoms with Gasteiger partial charge in [0, 0.05) is 37.6 Å². The molecule has 1 aliphatic heterocycles. The Balaban J connectivity index is 1.75. The van der Waals surface area contributed by atoms with Crippen LogP contribution in [0.3, 0.4) is 0 Å². The van der Waals surface area contributed by atoms with E-state index in [1.165, 1.54) is 0 Å². The van der Waals surface area contributed by atoms with E-state index in [4.69, 9.17) is 10.5 Å². The van der Waals surface area contributed by atoms with Crippen molar-refractivity contribution in [3.05, 3.63) is 23.8 Å². The maximum Gasteiger partial charge on any atom is 0.0594 e. The smallest absolute Gasteiger partial charge is 0.0594 e. The Kier molecular flexibility index (Phi) is 4.23. The van der Waals surface area contributed by atoms with Crippen molar-refractivity contribution in [2.45, 2.75) is 6.92 Å². The predicted octanol–water partition coefficient (Wildman–Crippen LogP) is 1.32. The fraction of sp³-hybridized carbons (Fsp3) is 0.538. The van der Waals surface area contributed by atoms with Gasteiger partial charge in [-0.05, 0) is 30.7 Å². The molecule has 2 rings (SSSR count). The monoisotopic (exact) mass is 235 g/mol. The Bertz CT molecular complexity index is 362. The fourth-order valence-electron chi connectivity index (χ4n) is 1.97. The molecule has 1 aliphatic rings. The second-order valence-electron chi connectivity index (χ2n) is 4.45. The minimum Gasteiger partial charge on any atom is -0.399 e. The van der Waals surface area contributed by atoms with E-state index in [1.807, 2.05) is 19.1 Å². The number of nitrogens with two attached hydrogens (primary N) is 1. The summed E-state index contributed by atoms with van der Waals surface area (Å²) in [6.45, 7) is 7.87. The molecule has 0 radical (unpaired) electrons. The molecule has 0 bridgehead atoms. The lowest BCUT2D eigenvalue weighted by molar-refractivity contribution is 0.0398. The van der Waals surface area contributed by atoms with Gasteiger partial charge in [-0.25, -0.2) is 0 Å². The number of morpholine rings is 1. The minimum absolute atomic E-state index is 0.851. The van der Waals surface area contributed by atoms with Gasteiger partial charge < -0.3 is 15.8 Å². The summed E-state index contributed by atoms with van der Waals surface area (Å²) in [5.74, 6) is 0. The molecule has 0 spiro atoms. The largest absolute Gasteiger partial charge is 0.399 e. The van der Waals surface area contributed by atoms with Crippen molar-refractivity contribution in [1.82, 2.24) is 4.90 Å². The van der Waals surface area contributed by atoms with E-state index in [0.29, 0.717) is 0 Å². The van der Waals surface area contributed by atoms with Crippen molar-refractivity contribution in [3.8, 4) is 0 Å². The number of nitrogen functional groups attached to an aromatic ring is 1. The van der Waals surface area contributed by atoms with Gasteiger partial charge in [-0.1, -0.05) is 0 Å². The van der Waals surface area contributed by atoms with Crippen LogP contribution >= 0.6 is 0 Å². The van der Waals surface area contributed by atoms with Crippen molar-refractivity contribution in [2.75, 3.05) is 50.4 Å². The average Bonchev–Trinajstić information content (AvgIpc) is 2.35. The number of benzene rings is 1. The first-order valence-corrected chi connectivity index (χ1v) is 6.16. The number of nitrogens with one attached hydrogen (secondary N) is 1. The molecule has 1 aromatic rings. The first-order valence-electron chi connectivity index (χ1n) is 6.16. The van der Waals surface area contributed by atoms with Gasteiger partial charge in [-0.15, -0.1) is 0 Å². The molecule has 1 fully saturated rings. The van der Waals surface area contributed by atoms with Crippen LogP contribution in [0.5, 0.6) is 0 Å². The summed E-state index contributed by atoms with van der Waals surface area (Å²) in [4.78, 5) is 2.42. The van der Waals surface area contributed by atoms with Gasteiger partial charge in [-0.2, -0.15) is 0 Å². The number of anilines is 2. The molecule has 3 N–H and O–H groups in total. The summed E-state index contributed by atoms with van der Waals surface area (Å²) in [6, 6.07) is 6.07. The average molecular weight is 235 g/mol. The van der Waals surface area contributed by atoms with Gasteiger partial charge in [0.15, 0.2) is 0 Å². The van der Waals surface area contributed by atoms with Crippen LogP contribution in [0.2, 0.25) is 0 Å². The second kappa shape index (κ2) is 5.89. The normalized spacial score (nSPS) is 17.0. The quantitative estimate of drug-likeness (QED) is 0.773. The van der Waals surface area contributed by atoms with E-state index < -0.39 is 0 Å². The van der Waals surface area contributed by atoms with Crippen LogP contribution in [0.4, 0.5) is 11.4 Å². The Morgan fingerprint density at radius 1 is 1.35 bits per heavy atom. The molecule has 0 saturated carbocycles. The highest BCUT2D eigenvalue weighted by molar-refractivity contribution is 5.56. The lowest BCUT2D eigenvalue weighted by Crippen LogP contribution is -2.39. The van der Waals surface area contributed by atoms with Crippen molar-refractivity contribution < 1.29 is 4.74 Å². The third kappa shape index (κ3) is 3.61. The molecule has 1 saturated heterocycles. The third-order valence-electron chi connectivity index (χ3n) is 3.13. The summed E-state index contributed by atoms with van der Waals surface area (Å²) in [5.41, 5.74) is 8.90. The highest BCUT2D eigenvalue weighted by atomic mass is 16.5. The summed E-state index contributed by atoms with van der Waals surface area (Å²) in [5, 5.41) is 3.42. The maximum atomic E-state index is 5.78. The zero-order valence-corrected chi connectivity index (χ0v) is 10.4. The number of hydrogen-bond donors (Lipinski definition) is 2. The van der Waals surface area contributed by atoms with Gasteiger partial charge >= 0.3 is 0 Å². The Morgan fingerprint density at radius 3 is 2.82 bits per heavy atom. The molecule has 0 atom stereocenters. The van der Waals surface area contributed by atoms with Crippen LogP contribution < -0.4 is 11.1 Å². The first kappa shape index (κ1) is 12.2. The van der Waals surface area contributed by atoms with Crippen molar-refractivity contribution >= 4 is 11.4 Å². The Morgan fingerprint density at radius 2 is 2.12 bits per heavy atom. The summed E-state index contributed by atoms with van der Waals surface area (Å²) >= 11 is 0. The van der Waals surface area contributed by atoms with Crippen LogP contribution in [0.1, 0.15) is 5.56 Å². The summed E-state index contributed by atoms with van der Waals surface area (Å²) in [6.07, 6.45) is 0. The Labute approximate surface area is 103 Å². The fourth-order valence-corrected chi connectivity index (χ4v) is 1.97. The van der Waals surface area contributed by atoms with Gasteiger partial charge in [0.1, 0.15) is 0 Å². The summed E-state index contributed by atoms with van der Waals surface area (Å²) in [7, 11) is 0. The molecule has 0 unspecified atom stereocenters. The second-order valence-corrected chi connectivity index (χ2v) is 4.45. The molecule has 17 heavy (non-hydrogen) atoms. The first-order chi connectivity index (χ1) is 8.25. The summed E-state index contributed by atoms with van der Waals surface area (Å²) < 4.78 is 5.32. The van der Waals surface area contributed by atoms with Gasteiger partial charge in [0.25, 0.3) is 0 Å². The zero-order chi connectivity index (χ0) is 12.1. The van der Waals surface area contributed by atoms with Crippen molar-refractivity contribution in [2.24, 2.45) is 0 Å². The van der Waals surface area contributed by atoms with Crippen LogP contribution in [0, 0.1) is 6.92 Å². The zero-order valence-electron chi connectivity index (χ0n) is 10.4. The van der Waals surface area contributed by atoms with E-state index in [9.17, 15) is 0 Å². The third-order valence-corrected chi connectivity index (χ3v) is 3.13. The number of nitrogens with zero attached hydrogens (tertiary/aromatic N) is 1. The highest BCUT2D eigenvalue weighted by Gasteiger charge is 2.09. The lowest BCUT2D eigenvalue weighted by atomic mass is 10.2. The van der Waals surface area contributed by atoms with E-state index in [-0.39, 0.29) is 0 Å². The van der Waals surface area contributed by atoms with Gasteiger partial charge in [-0.3, -0.25) is 4.90 Å². The molecule has 0 aromatic heterocycles. The molecule has 0 amide bonds. The number of rotatable bonds is 4. The molecular weight excluding hydrogens is 214 g/mol. The SMILES string of the molecule is Cc1cc(NCCN2CCOCC2)ccc1N. The van der Waals surface area contributed by atoms with E-state index in [1.54, 1.807) is 0 Å². The standard InChI is InChI=1S/C13H21N3O/c1-11-10-12(2-3-13(11)14)15-4-5-16-6-8-17-9-7-16/h2-3,10,15H,4-9,14H2,1H3. The molecule has 1 aromatic carbocycles. The number of aryl methyl sites for hydroxylation is 1. The molecule has 4 heteroatoms. The Hall–Kier alpha value is -1.26. The lowest BCUT2D eigenvalue weighted by Gasteiger charge is -2.26. The molecule has 0 aliphatic carbocycles. The van der Waals surface area contributed by atoms with Crippen LogP contribution in [-0.4, -0.2) is 44.3 Å². The van der Waals surface area contributed by atoms with E-state index >= 15 is 0 Å². The van der Waals surface area contributed by atoms with Crippen LogP contribution in [0.15, 0.2) is 18.2 Å². The highest BCUT2D eigenvalue weighted by Crippen LogP contribution is 2.16. The van der Waals surface area contributed by atoms with Gasteiger partial charge in [0.2, 0.25) is 0 Å². The number of hydrogen-bond acceptors (Lipinski definition) is 4. The van der Waals surface area contributed by atoms with E-state index in [0.717, 1.165) is 56.3 Å². The minimum atomic E-state index is 0.851. The van der Waals surface area contributed by atoms with Crippen LogP contribution in [-0.2, 0) is 4.74 Å².